The molecule has 0 aliphatic carbocycles. The third-order valence-corrected chi connectivity index (χ3v) is 2.95. The lowest BCUT2D eigenvalue weighted by atomic mass is 10.2. The fourth-order valence-electron chi connectivity index (χ4n) is 1.68. The lowest BCUT2D eigenvalue weighted by Gasteiger charge is -2.07. The molecule has 2 aromatic heterocycles. The van der Waals surface area contributed by atoms with Crippen LogP contribution >= 0.6 is 12.4 Å². The molecule has 0 aliphatic rings. The molecular weight excluding hydrogens is 238 g/mol. The van der Waals surface area contributed by atoms with Crippen molar-refractivity contribution in [3.63, 3.8) is 0 Å². The first-order chi connectivity index (χ1) is 7.59. The number of anilines is 1. The second-order valence-corrected chi connectivity index (χ2v) is 4.02. The van der Waals surface area contributed by atoms with Gasteiger partial charge in [0.25, 0.3) is 0 Å². The highest BCUT2D eigenvalue weighted by Gasteiger charge is 2.06. The van der Waals surface area contributed by atoms with Crippen LogP contribution in [-0.2, 0) is 20.6 Å². The summed E-state index contributed by atoms with van der Waals surface area (Å²) < 4.78 is 3.76. The zero-order valence-electron chi connectivity index (χ0n) is 10.6. The lowest BCUT2D eigenvalue weighted by Crippen LogP contribution is -2.07. The standard InChI is InChI=1S/C11H17N5.ClH/c1-8-5-13-16(4)11(8)7-12-10-6-14-15(3)9(10)2;/h5-6,12H,7H2,1-4H3;1H. The Morgan fingerprint density at radius 3 is 2.24 bits per heavy atom. The van der Waals surface area contributed by atoms with E-state index in [0.717, 1.165) is 17.9 Å². The molecule has 0 bridgehead atoms. The number of hydrogen-bond acceptors (Lipinski definition) is 3. The SMILES string of the molecule is Cc1cnn(C)c1CNc1cnn(C)c1C.Cl. The Kier molecular flexibility index (Phi) is 4.17. The first-order valence-corrected chi connectivity index (χ1v) is 5.29. The van der Waals surface area contributed by atoms with Gasteiger partial charge in [-0.2, -0.15) is 10.2 Å². The van der Waals surface area contributed by atoms with Gasteiger partial charge in [-0.1, -0.05) is 0 Å². The van der Waals surface area contributed by atoms with Gasteiger partial charge in [0, 0.05) is 14.1 Å². The quantitative estimate of drug-likeness (QED) is 0.910. The molecule has 1 N–H and O–H groups in total. The van der Waals surface area contributed by atoms with E-state index in [-0.39, 0.29) is 12.4 Å². The van der Waals surface area contributed by atoms with Gasteiger partial charge in [-0.15, -0.1) is 12.4 Å². The van der Waals surface area contributed by atoms with Gasteiger partial charge < -0.3 is 5.32 Å². The van der Waals surface area contributed by atoms with E-state index in [1.165, 1.54) is 11.3 Å². The summed E-state index contributed by atoms with van der Waals surface area (Å²) in [4.78, 5) is 0. The van der Waals surface area contributed by atoms with Gasteiger partial charge in [0.1, 0.15) is 0 Å². The molecule has 0 saturated carbocycles. The molecule has 6 heteroatoms. The van der Waals surface area contributed by atoms with Crippen molar-refractivity contribution in [2.45, 2.75) is 20.4 Å². The van der Waals surface area contributed by atoms with E-state index < -0.39 is 0 Å². The van der Waals surface area contributed by atoms with Crippen LogP contribution < -0.4 is 5.32 Å². The van der Waals surface area contributed by atoms with Crippen LogP contribution in [0.25, 0.3) is 0 Å². The van der Waals surface area contributed by atoms with Gasteiger partial charge in [0.2, 0.25) is 0 Å². The minimum atomic E-state index is 0. The molecule has 94 valence electrons. The van der Waals surface area contributed by atoms with Gasteiger partial charge >= 0.3 is 0 Å². The number of nitrogens with zero attached hydrogens (tertiary/aromatic N) is 4. The van der Waals surface area contributed by atoms with Gasteiger partial charge in [0.15, 0.2) is 0 Å². The normalized spacial score (nSPS) is 10.1. The zero-order valence-corrected chi connectivity index (χ0v) is 11.4. The molecule has 0 amide bonds. The van der Waals surface area contributed by atoms with Gasteiger partial charge in [0.05, 0.1) is 36.0 Å². The highest BCUT2D eigenvalue weighted by molar-refractivity contribution is 5.85. The minimum absolute atomic E-state index is 0. The molecule has 0 aliphatic heterocycles. The van der Waals surface area contributed by atoms with Crippen molar-refractivity contribution in [3.8, 4) is 0 Å². The maximum atomic E-state index is 4.21. The molecular formula is C11H18ClN5. The first-order valence-electron chi connectivity index (χ1n) is 5.29. The summed E-state index contributed by atoms with van der Waals surface area (Å²) >= 11 is 0. The summed E-state index contributed by atoms with van der Waals surface area (Å²) in [7, 11) is 3.90. The molecule has 2 heterocycles. The second kappa shape index (κ2) is 5.23. The highest BCUT2D eigenvalue weighted by atomic mass is 35.5. The Hall–Kier alpha value is -1.49. The molecule has 0 radical (unpaired) electrons. The third-order valence-electron chi connectivity index (χ3n) is 2.95. The Morgan fingerprint density at radius 1 is 1.12 bits per heavy atom. The number of nitrogens with one attached hydrogen (secondary N) is 1. The van der Waals surface area contributed by atoms with Crippen LogP contribution in [0.2, 0.25) is 0 Å². The van der Waals surface area contributed by atoms with Crippen molar-refractivity contribution in [2.75, 3.05) is 5.32 Å². The van der Waals surface area contributed by atoms with Crippen LogP contribution in [0.4, 0.5) is 5.69 Å². The Morgan fingerprint density at radius 2 is 1.76 bits per heavy atom. The van der Waals surface area contributed by atoms with Gasteiger partial charge in [-0.3, -0.25) is 9.36 Å². The predicted octanol–water partition coefficient (Wildman–Crippen LogP) is 1.80. The molecule has 0 saturated heterocycles. The smallest absolute Gasteiger partial charge is 0.0759 e. The summed E-state index contributed by atoms with van der Waals surface area (Å²) in [5, 5.41) is 11.8. The van der Waals surface area contributed by atoms with Crippen LogP contribution in [-0.4, -0.2) is 19.6 Å². The average Bonchev–Trinajstić information content (AvgIpc) is 2.73. The van der Waals surface area contributed by atoms with E-state index in [0.29, 0.717) is 0 Å². The van der Waals surface area contributed by atoms with Crippen LogP contribution in [0.1, 0.15) is 17.0 Å². The van der Waals surface area contributed by atoms with E-state index in [1.807, 2.05) is 42.8 Å². The van der Waals surface area contributed by atoms with E-state index >= 15 is 0 Å². The largest absolute Gasteiger partial charge is 0.377 e. The monoisotopic (exact) mass is 255 g/mol. The first kappa shape index (κ1) is 13.6. The summed E-state index contributed by atoms with van der Waals surface area (Å²) in [5.74, 6) is 0. The third kappa shape index (κ3) is 2.61. The predicted molar refractivity (Wildman–Crippen MR) is 70.5 cm³/mol. The Balaban J connectivity index is 0.00000144. The number of rotatable bonds is 3. The highest BCUT2D eigenvalue weighted by Crippen LogP contribution is 2.14. The van der Waals surface area contributed by atoms with Gasteiger partial charge in [-0.05, 0) is 19.4 Å². The van der Waals surface area contributed by atoms with Crippen LogP contribution in [0.3, 0.4) is 0 Å². The number of aryl methyl sites for hydroxylation is 3. The number of aromatic nitrogens is 4. The molecule has 17 heavy (non-hydrogen) atoms. The molecule has 0 unspecified atom stereocenters. The molecule has 0 fully saturated rings. The van der Waals surface area contributed by atoms with Crippen LogP contribution in [0, 0.1) is 13.8 Å². The summed E-state index contributed by atoms with van der Waals surface area (Å²) in [5.41, 5.74) is 4.61. The summed E-state index contributed by atoms with van der Waals surface area (Å²) in [6.45, 7) is 4.89. The van der Waals surface area contributed by atoms with Crippen molar-refractivity contribution >= 4 is 18.1 Å². The molecule has 0 aromatic carbocycles. The molecule has 2 rings (SSSR count). The van der Waals surface area contributed by atoms with E-state index in [2.05, 4.69) is 22.4 Å². The minimum Gasteiger partial charge on any atom is -0.377 e. The van der Waals surface area contributed by atoms with Gasteiger partial charge in [-0.25, -0.2) is 0 Å². The van der Waals surface area contributed by atoms with Crippen molar-refractivity contribution in [1.82, 2.24) is 19.6 Å². The fraction of sp³-hybridized carbons (Fsp3) is 0.455. The number of halogens is 1. The average molecular weight is 256 g/mol. The van der Waals surface area contributed by atoms with Crippen LogP contribution in [0.5, 0.6) is 0 Å². The van der Waals surface area contributed by atoms with Crippen molar-refractivity contribution in [2.24, 2.45) is 14.1 Å². The maximum Gasteiger partial charge on any atom is 0.0759 e. The molecule has 5 nitrogen and oxygen atoms in total. The van der Waals surface area contributed by atoms with Crippen molar-refractivity contribution < 1.29 is 0 Å². The fourth-order valence-corrected chi connectivity index (χ4v) is 1.68. The maximum absolute atomic E-state index is 4.21. The molecule has 0 spiro atoms. The summed E-state index contributed by atoms with van der Waals surface area (Å²) in [6.07, 6.45) is 3.73. The molecule has 0 atom stereocenters. The lowest BCUT2D eigenvalue weighted by molar-refractivity contribution is 0.718. The van der Waals surface area contributed by atoms with E-state index in [9.17, 15) is 0 Å². The number of hydrogen-bond donors (Lipinski definition) is 1. The topological polar surface area (TPSA) is 47.7 Å². The zero-order chi connectivity index (χ0) is 11.7. The van der Waals surface area contributed by atoms with Crippen molar-refractivity contribution in [3.05, 3.63) is 29.3 Å². The van der Waals surface area contributed by atoms with Crippen molar-refractivity contribution in [1.29, 1.82) is 0 Å². The summed E-state index contributed by atoms with van der Waals surface area (Å²) in [6, 6.07) is 0. The van der Waals surface area contributed by atoms with E-state index in [1.54, 1.807) is 0 Å². The van der Waals surface area contributed by atoms with E-state index in [4.69, 9.17) is 0 Å². The van der Waals surface area contributed by atoms with Crippen LogP contribution in [0.15, 0.2) is 12.4 Å². The molecule has 2 aromatic rings. The second-order valence-electron chi connectivity index (χ2n) is 4.02. The Labute approximate surface area is 107 Å². The Bertz CT molecular complexity index is 480.